The lowest BCUT2D eigenvalue weighted by atomic mass is 9.91. The number of nitrogens with zero attached hydrogens (tertiary/aromatic N) is 8. The van der Waals surface area contributed by atoms with Gasteiger partial charge in [0.15, 0.2) is 34.9 Å². The molecule has 0 amide bonds. The maximum atomic E-state index is 9.22. The quantitative estimate of drug-likeness (QED) is 0.133. The second kappa shape index (κ2) is 23.5. The number of benzene rings is 12. The number of rotatable bonds is 10. The lowest BCUT2D eigenvalue weighted by Crippen LogP contribution is -2.00. The standard InChI is InChI=1S/2C38H24N4/c39-25-26-18-20-27(21-19-26)32-22-23-33(35-17-8-7-16-34(32)35)30-14-9-15-31(24-30)38-41-36(28-10-3-1-4-11-28)40-37(42-38)29-12-5-2-6-13-29;39-25-26-15-17-27(18-16-26)32-23-24-33(35-14-8-7-13-34(32)35)28-19-21-31(22-20-28)38-41-36(29-9-3-1-4-10-29)40-37(42-38)30-11-5-2-6-12-30/h2*1-24H. The Labute approximate surface area is 486 Å². The van der Waals surface area contributed by atoms with Crippen molar-refractivity contribution in [1.82, 2.24) is 29.9 Å². The summed E-state index contributed by atoms with van der Waals surface area (Å²) in [5.41, 5.74) is 15.9. The van der Waals surface area contributed by atoms with Gasteiger partial charge in [-0.2, -0.15) is 10.5 Å². The highest BCUT2D eigenvalue weighted by atomic mass is 15.0. The first-order valence-corrected chi connectivity index (χ1v) is 27.5. The molecule has 0 atom stereocenters. The highest BCUT2D eigenvalue weighted by Gasteiger charge is 2.17. The van der Waals surface area contributed by atoms with Gasteiger partial charge in [-0.05, 0) is 96.4 Å². The van der Waals surface area contributed by atoms with Crippen molar-refractivity contribution >= 4 is 21.5 Å². The Balaban J connectivity index is 0.000000157. The summed E-state index contributed by atoms with van der Waals surface area (Å²) in [7, 11) is 0. The predicted octanol–water partition coefficient (Wildman–Crippen LogP) is 18.5. The SMILES string of the molecule is N#Cc1ccc(-c2ccc(-c3ccc(-c4nc(-c5ccccc5)nc(-c5ccccc5)n4)cc3)c3ccccc23)cc1.N#Cc1ccc(-c2ccc(-c3cccc(-c4nc(-c5ccccc5)nc(-c5ccccc5)n4)c3)c3ccccc23)cc1. The van der Waals surface area contributed by atoms with E-state index < -0.39 is 0 Å². The van der Waals surface area contributed by atoms with Crippen molar-refractivity contribution in [1.29, 1.82) is 10.5 Å². The monoisotopic (exact) mass is 1070 g/mol. The molecular weight excluding hydrogens is 1020 g/mol. The van der Waals surface area contributed by atoms with Gasteiger partial charge in [0.2, 0.25) is 0 Å². The molecule has 0 saturated carbocycles. The Hall–Kier alpha value is -11.8. The highest BCUT2D eigenvalue weighted by Crippen LogP contribution is 2.39. The van der Waals surface area contributed by atoms with E-state index in [4.69, 9.17) is 29.9 Å². The molecule has 0 aliphatic carbocycles. The van der Waals surface area contributed by atoms with Crippen LogP contribution in [0.3, 0.4) is 0 Å². The topological polar surface area (TPSA) is 125 Å². The molecular formula is C76H48N8. The van der Waals surface area contributed by atoms with Gasteiger partial charge in [0.25, 0.3) is 0 Å². The minimum atomic E-state index is 0.628. The maximum absolute atomic E-state index is 9.22. The van der Waals surface area contributed by atoms with Crippen molar-refractivity contribution in [2.45, 2.75) is 0 Å². The first kappa shape index (κ1) is 51.6. The van der Waals surface area contributed by atoms with Gasteiger partial charge in [0.05, 0.1) is 23.3 Å². The van der Waals surface area contributed by atoms with Gasteiger partial charge in [-0.3, -0.25) is 0 Å². The fraction of sp³-hybridized carbons (Fsp3) is 0. The molecule has 14 rings (SSSR count). The molecule has 2 aromatic heterocycles. The molecule has 84 heavy (non-hydrogen) atoms. The summed E-state index contributed by atoms with van der Waals surface area (Å²) < 4.78 is 0. The van der Waals surface area contributed by atoms with Crippen LogP contribution in [0.25, 0.3) is 134 Å². The number of hydrogen-bond acceptors (Lipinski definition) is 8. The molecule has 8 nitrogen and oxygen atoms in total. The van der Waals surface area contributed by atoms with Crippen LogP contribution >= 0.6 is 0 Å². The summed E-state index contributed by atoms with van der Waals surface area (Å²) in [6.07, 6.45) is 0. The maximum Gasteiger partial charge on any atom is 0.164 e. The van der Waals surface area contributed by atoms with E-state index in [-0.39, 0.29) is 0 Å². The molecule has 0 unspecified atom stereocenters. The van der Waals surface area contributed by atoms with Crippen molar-refractivity contribution in [3.05, 3.63) is 302 Å². The number of hydrogen-bond donors (Lipinski definition) is 0. The molecule has 0 fully saturated rings. The van der Waals surface area contributed by atoms with Gasteiger partial charge >= 0.3 is 0 Å². The molecule has 392 valence electrons. The zero-order valence-corrected chi connectivity index (χ0v) is 45.3. The van der Waals surface area contributed by atoms with Crippen molar-refractivity contribution in [3.63, 3.8) is 0 Å². The van der Waals surface area contributed by atoms with Crippen LogP contribution < -0.4 is 0 Å². The molecule has 0 aliphatic rings. The zero-order chi connectivity index (χ0) is 56.6. The molecule has 0 N–H and O–H groups in total. The number of aromatic nitrogens is 6. The zero-order valence-electron chi connectivity index (χ0n) is 45.3. The van der Waals surface area contributed by atoms with Crippen LogP contribution in [-0.2, 0) is 0 Å². The number of fused-ring (bicyclic) bond motifs is 2. The van der Waals surface area contributed by atoms with Crippen molar-refractivity contribution in [2.24, 2.45) is 0 Å². The average molecular weight is 1070 g/mol. The van der Waals surface area contributed by atoms with E-state index in [0.29, 0.717) is 46.1 Å². The first-order valence-electron chi connectivity index (χ1n) is 27.5. The largest absolute Gasteiger partial charge is 0.208 e. The molecule has 0 saturated heterocycles. The third-order valence-electron chi connectivity index (χ3n) is 14.8. The minimum Gasteiger partial charge on any atom is -0.208 e. The van der Waals surface area contributed by atoms with Crippen LogP contribution in [0.15, 0.2) is 291 Å². The van der Waals surface area contributed by atoms with Gasteiger partial charge < -0.3 is 0 Å². The van der Waals surface area contributed by atoms with Gasteiger partial charge in [-0.1, -0.05) is 261 Å². The molecule has 0 spiro atoms. The predicted molar refractivity (Wildman–Crippen MR) is 338 cm³/mol. The van der Waals surface area contributed by atoms with Gasteiger partial charge in [-0.25, -0.2) is 29.9 Å². The van der Waals surface area contributed by atoms with E-state index in [9.17, 15) is 10.5 Å². The Kier molecular flexibility index (Phi) is 14.4. The third kappa shape index (κ3) is 10.8. The smallest absolute Gasteiger partial charge is 0.164 e. The normalized spacial score (nSPS) is 10.8. The Morgan fingerprint density at radius 3 is 0.726 bits per heavy atom. The van der Waals surface area contributed by atoms with Gasteiger partial charge in [0, 0.05) is 33.4 Å². The fourth-order valence-corrected chi connectivity index (χ4v) is 10.6. The molecule has 2 heterocycles. The molecule has 12 aromatic carbocycles. The van der Waals surface area contributed by atoms with E-state index in [1.165, 1.54) is 10.8 Å². The third-order valence-corrected chi connectivity index (χ3v) is 14.8. The summed E-state index contributed by atoms with van der Waals surface area (Å²) in [5, 5.41) is 23.1. The Bertz CT molecular complexity index is 4640. The Morgan fingerprint density at radius 2 is 0.417 bits per heavy atom. The first-order chi connectivity index (χ1) is 41.5. The van der Waals surface area contributed by atoms with Crippen LogP contribution in [-0.4, -0.2) is 29.9 Å². The van der Waals surface area contributed by atoms with Crippen LogP contribution in [0.2, 0.25) is 0 Å². The molecule has 0 aliphatic heterocycles. The van der Waals surface area contributed by atoms with Crippen molar-refractivity contribution < 1.29 is 0 Å². The minimum absolute atomic E-state index is 0.628. The molecule has 0 radical (unpaired) electrons. The van der Waals surface area contributed by atoms with Crippen molar-refractivity contribution in [2.75, 3.05) is 0 Å². The second-order valence-electron chi connectivity index (χ2n) is 20.0. The van der Waals surface area contributed by atoms with Crippen LogP contribution in [0.4, 0.5) is 0 Å². The Morgan fingerprint density at radius 1 is 0.190 bits per heavy atom. The highest BCUT2D eigenvalue weighted by molar-refractivity contribution is 6.06. The summed E-state index contributed by atoms with van der Waals surface area (Å²) in [6, 6.07) is 102. The van der Waals surface area contributed by atoms with E-state index in [0.717, 1.165) is 88.7 Å². The van der Waals surface area contributed by atoms with Gasteiger partial charge in [-0.15, -0.1) is 0 Å². The summed E-state index contributed by atoms with van der Waals surface area (Å²) in [6.45, 7) is 0. The summed E-state index contributed by atoms with van der Waals surface area (Å²) in [4.78, 5) is 29.2. The molecule has 14 aromatic rings. The van der Waals surface area contributed by atoms with E-state index in [2.05, 4.69) is 133 Å². The van der Waals surface area contributed by atoms with Crippen molar-refractivity contribution in [3.8, 4) is 125 Å². The lowest BCUT2D eigenvalue weighted by Gasteiger charge is -2.13. The summed E-state index contributed by atoms with van der Waals surface area (Å²) >= 11 is 0. The van der Waals surface area contributed by atoms with E-state index in [1.54, 1.807) is 0 Å². The van der Waals surface area contributed by atoms with E-state index in [1.807, 2.05) is 170 Å². The van der Waals surface area contributed by atoms with E-state index >= 15 is 0 Å². The fourth-order valence-electron chi connectivity index (χ4n) is 10.6. The van der Waals surface area contributed by atoms with Crippen LogP contribution in [0.1, 0.15) is 11.1 Å². The van der Waals surface area contributed by atoms with Crippen LogP contribution in [0.5, 0.6) is 0 Å². The average Bonchev–Trinajstić information content (AvgIpc) is 3.76. The second-order valence-corrected chi connectivity index (χ2v) is 20.0. The van der Waals surface area contributed by atoms with Crippen LogP contribution in [0, 0.1) is 22.7 Å². The number of nitriles is 2. The molecule has 8 heteroatoms. The lowest BCUT2D eigenvalue weighted by molar-refractivity contribution is 1.07. The summed E-state index contributed by atoms with van der Waals surface area (Å²) in [5.74, 6) is 3.84. The van der Waals surface area contributed by atoms with Gasteiger partial charge in [0.1, 0.15) is 0 Å². The molecule has 0 bridgehead atoms.